The van der Waals surface area contributed by atoms with Gasteiger partial charge in [-0.25, -0.2) is 13.6 Å². The molecule has 3 N–H and O–H groups in total. The predicted octanol–water partition coefficient (Wildman–Crippen LogP) is 1.52. The van der Waals surface area contributed by atoms with E-state index in [4.69, 9.17) is 16.7 Å². The van der Waals surface area contributed by atoms with Crippen LogP contribution in [0.3, 0.4) is 0 Å². The van der Waals surface area contributed by atoms with Gasteiger partial charge in [0, 0.05) is 17.1 Å². The maximum absolute atomic E-state index is 11.9. The molecule has 0 radical (unpaired) electrons. The van der Waals surface area contributed by atoms with E-state index in [2.05, 4.69) is 5.32 Å². The number of rotatable bonds is 5. The summed E-state index contributed by atoms with van der Waals surface area (Å²) in [5.41, 5.74) is 0.201. The Morgan fingerprint density at radius 1 is 1.37 bits per heavy atom. The van der Waals surface area contributed by atoms with E-state index >= 15 is 0 Å². The van der Waals surface area contributed by atoms with Crippen molar-refractivity contribution < 1.29 is 13.2 Å². The first-order valence-corrected chi connectivity index (χ1v) is 7.90. The van der Waals surface area contributed by atoms with Crippen molar-refractivity contribution in [3.05, 3.63) is 28.8 Å². The fourth-order valence-electron chi connectivity index (χ4n) is 1.76. The fourth-order valence-corrected chi connectivity index (χ4v) is 2.64. The minimum atomic E-state index is -3.87. The maximum atomic E-state index is 11.9. The predicted molar refractivity (Wildman–Crippen MR) is 72.5 cm³/mol. The van der Waals surface area contributed by atoms with Crippen molar-refractivity contribution in [2.45, 2.75) is 24.2 Å². The molecule has 0 bridgehead atoms. The summed E-state index contributed by atoms with van der Waals surface area (Å²) in [6.45, 7) is 0.584. The van der Waals surface area contributed by atoms with E-state index in [9.17, 15) is 13.2 Å². The molecule has 1 aromatic rings. The second kappa shape index (κ2) is 5.48. The highest BCUT2D eigenvalue weighted by atomic mass is 35.5. The highest BCUT2D eigenvalue weighted by molar-refractivity contribution is 7.89. The van der Waals surface area contributed by atoms with E-state index in [0.29, 0.717) is 6.54 Å². The Kier molecular flexibility index (Phi) is 4.13. The minimum Gasteiger partial charge on any atom is -0.352 e. The van der Waals surface area contributed by atoms with Crippen LogP contribution in [0, 0.1) is 5.92 Å². The Morgan fingerprint density at radius 3 is 2.63 bits per heavy atom. The number of sulfonamides is 1. The molecule has 1 aliphatic carbocycles. The first-order valence-electron chi connectivity index (χ1n) is 5.98. The number of carbonyl (C=O) groups excluding carboxylic acids is 1. The van der Waals surface area contributed by atoms with Crippen LogP contribution in [0.25, 0.3) is 0 Å². The molecule has 0 aliphatic heterocycles. The smallest absolute Gasteiger partial charge is 0.251 e. The third-order valence-electron chi connectivity index (χ3n) is 3.00. The average Bonchev–Trinajstić information content (AvgIpc) is 3.11. The van der Waals surface area contributed by atoms with Crippen LogP contribution >= 0.6 is 11.6 Å². The first-order chi connectivity index (χ1) is 8.86. The summed E-state index contributed by atoms with van der Waals surface area (Å²) in [5.74, 6) is 0.382. The van der Waals surface area contributed by atoms with E-state index in [1.165, 1.54) is 31.0 Å². The Balaban J connectivity index is 2.09. The largest absolute Gasteiger partial charge is 0.352 e. The zero-order valence-electron chi connectivity index (χ0n) is 10.2. The molecule has 0 atom stereocenters. The van der Waals surface area contributed by atoms with Crippen LogP contribution in [0.5, 0.6) is 0 Å². The van der Waals surface area contributed by atoms with Crippen LogP contribution in [-0.2, 0) is 10.0 Å². The summed E-state index contributed by atoms with van der Waals surface area (Å²) in [6.07, 6.45) is 3.40. The van der Waals surface area contributed by atoms with Crippen LogP contribution in [0.4, 0.5) is 0 Å². The summed E-state index contributed by atoms with van der Waals surface area (Å²) in [6, 6.07) is 3.87. The molecule has 7 heteroatoms. The highest BCUT2D eigenvalue weighted by Crippen LogP contribution is 2.31. The van der Waals surface area contributed by atoms with Gasteiger partial charge in [0.1, 0.15) is 0 Å². The average molecular weight is 303 g/mol. The molecule has 0 unspecified atom stereocenters. The van der Waals surface area contributed by atoms with Crippen LogP contribution in [0.1, 0.15) is 29.6 Å². The summed E-state index contributed by atoms with van der Waals surface area (Å²) in [7, 11) is -3.87. The van der Waals surface area contributed by atoms with Gasteiger partial charge < -0.3 is 5.32 Å². The van der Waals surface area contributed by atoms with E-state index in [-0.39, 0.29) is 21.4 Å². The zero-order chi connectivity index (χ0) is 14.0. The molecule has 104 valence electrons. The van der Waals surface area contributed by atoms with Crippen molar-refractivity contribution in [1.82, 2.24) is 5.32 Å². The molecule has 0 spiro atoms. The van der Waals surface area contributed by atoms with Gasteiger partial charge in [-0.2, -0.15) is 0 Å². The van der Waals surface area contributed by atoms with E-state index in [1.54, 1.807) is 0 Å². The number of nitrogens with two attached hydrogens (primary N) is 1. The standard InChI is InChI=1S/C12H15ClN2O3S/c13-10-5-9(6-11(7-10)19(14,17)18)12(16)15-4-3-8-1-2-8/h5-8H,1-4H2,(H,15,16)(H2,14,17,18). The van der Waals surface area contributed by atoms with E-state index in [1.807, 2.05) is 0 Å². The Hall–Kier alpha value is -1.11. The van der Waals surface area contributed by atoms with Crippen LogP contribution in [0.2, 0.25) is 5.02 Å². The summed E-state index contributed by atoms with van der Waals surface area (Å²) in [4.78, 5) is 11.7. The lowest BCUT2D eigenvalue weighted by atomic mass is 10.2. The number of hydrogen-bond donors (Lipinski definition) is 2. The molecule has 2 rings (SSSR count). The number of amides is 1. The molecule has 0 aromatic heterocycles. The molecule has 0 heterocycles. The number of primary sulfonamides is 1. The lowest BCUT2D eigenvalue weighted by Crippen LogP contribution is -2.25. The Labute approximate surface area is 117 Å². The van der Waals surface area contributed by atoms with Crippen LogP contribution < -0.4 is 10.5 Å². The van der Waals surface area contributed by atoms with Crippen molar-refractivity contribution in [3.8, 4) is 0 Å². The topological polar surface area (TPSA) is 89.3 Å². The van der Waals surface area contributed by atoms with Gasteiger partial charge in [0.25, 0.3) is 5.91 Å². The number of halogens is 1. The second-order valence-corrected chi connectivity index (χ2v) is 6.71. The first kappa shape index (κ1) is 14.3. The number of carbonyl (C=O) groups is 1. The van der Waals surface area contributed by atoms with Crippen molar-refractivity contribution >= 4 is 27.5 Å². The lowest BCUT2D eigenvalue weighted by molar-refractivity contribution is 0.0952. The molecule has 0 saturated heterocycles. The molecule has 1 saturated carbocycles. The quantitative estimate of drug-likeness (QED) is 0.864. The van der Waals surface area contributed by atoms with Gasteiger partial charge in [-0.05, 0) is 30.5 Å². The normalized spacial score (nSPS) is 15.3. The van der Waals surface area contributed by atoms with Gasteiger partial charge >= 0.3 is 0 Å². The molecule has 1 amide bonds. The molecular formula is C12H15ClN2O3S. The fraction of sp³-hybridized carbons (Fsp3) is 0.417. The Morgan fingerprint density at radius 2 is 2.05 bits per heavy atom. The van der Waals surface area contributed by atoms with Crippen molar-refractivity contribution in [2.24, 2.45) is 11.1 Å². The summed E-state index contributed by atoms with van der Waals surface area (Å²) < 4.78 is 22.5. The SMILES string of the molecule is NS(=O)(=O)c1cc(Cl)cc(C(=O)NCCC2CC2)c1. The number of benzene rings is 1. The molecular weight excluding hydrogens is 288 g/mol. The minimum absolute atomic E-state index is 0.160. The third-order valence-corrected chi connectivity index (χ3v) is 4.11. The molecule has 1 aliphatic rings. The van der Waals surface area contributed by atoms with Gasteiger partial charge in [-0.3, -0.25) is 4.79 Å². The summed E-state index contributed by atoms with van der Waals surface area (Å²) in [5, 5.41) is 7.93. The van der Waals surface area contributed by atoms with Gasteiger partial charge in [-0.1, -0.05) is 24.4 Å². The third kappa shape index (κ3) is 4.19. The number of nitrogens with one attached hydrogen (secondary N) is 1. The van der Waals surface area contributed by atoms with Gasteiger partial charge in [0.2, 0.25) is 10.0 Å². The lowest BCUT2D eigenvalue weighted by Gasteiger charge is -2.07. The van der Waals surface area contributed by atoms with Gasteiger partial charge in [0.05, 0.1) is 4.90 Å². The van der Waals surface area contributed by atoms with Crippen LogP contribution in [0.15, 0.2) is 23.1 Å². The number of hydrogen-bond acceptors (Lipinski definition) is 3. The molecule has 19 heavy (non-hydrogen) atoms. The van der Waals surface area contributed by atoms with Gasteiger partial charge in [-0.15, -0.1) is 0 Å². The maximum Gasteiger partial charge on any atom is 0.251 e. The molecule has 1 aromatic carbocycles. The van der Waals surface area contributed by atoms with Crippen molar-refractivity contribution in [1.29, 1.82) is 0 Å². The monoisotopic (exact) mass is 302 g/mol. The highest BCUT2D eigenvalue weighted by Gasteiger charge is 2.21. The zero-order valence-corrected chi connectivity index (χ0v) is 11.8. The summed E-state index contributed by atoms with van der Waals surface area (Å²) >= 11 is 5.79. The molecule has 1 fully saturated rings. The Bertz CT molecular complexity index is 597. The van der Waals surface area contributed by atoms with Gasteiger partial charge in [0.15, 0.2) is 0 Å². The van der Waals surface area contributed by atoms with Crippen molar-refractivity contribution in [2.75, 3.05) is 6.54 Å². The van der Waals surface area contributed by atoms with E-state index in [0.717, 1.165) is 12.3 Å². The second-order valence-electron chi connectivity index (χ2n) is 4.71. The van der Waals surface area contributed by atoms with Crippen molar-refractivity contribution in [3.63, 3.8) is 0 Å². The van der Waals surface area contributed by atoms with E-state index < -0.39 is 10.0 Å². The molecule has 5 nitrogen and oxygen atoms in total. The van der Waals surface area contributed by atoms with Crippen LogP contribution in [-0.4, -0.2) is 20.9 Å².